The van der Waals surface area contributed by atoms with E-state index >= 15 is 0 Å². The van der Waals surface area contributed by atoms with Gasteiger partial charge in [0.25, 0.3) is 0 Å². The lowest BCUT2D eigenvalue weighted by molar-refractivity contribution is -0.697. The molecule has 0 aliphatic carbocycles. The van der Waals surface area contributed by atoms with Gasteiger partial charge >= 0.3 is 0 Å². The Kier molecular flexibility index (Phi) is 9.34. The number of rotatable bonds is 11. The van der Waals surface area contributed by atoms with Crippen molar-refractivity contribution in [1.82, 2.24) is 0 Å². The zero-order chi connectivity index (χ0) is 13.8. The smallest absolute Gasteiger partial charge is 0.169 e. The van der Waals surface area contributed by atoms with Crippen LogP contribution < -0.4 is 4.57 Å². The minimum Gasteiger partial charge on any atom is -0.396 e. The molecule has 0 aliphatic heterocycles. The van der Waals surface area contributed by atoms with E-state index in [0.29, 0.717) is 6.61 Å². The van der Waals surface area contributed by atoms with Gasteiger partial charge in [0, 0.05) is 25.2 Å². The SMILES string of the molecule is CCc1cc[n+](CCCCCCCCCCO)cc1. The molecule has 0 unspecified atom stereocenters. The molecule has 108 valence electrons. The molecule has 0 aromatic carbocycles. The Morgan fingerprint density at radius 1 is 0.842 bits per heavy atom. The molecule has 0 aliphatic rings. The number of hydrogen-bond acceptors (Lipinski definition) is 1. The standard InChI is InChI=1S/C17H30NO/c1-2-17-11-14-18(15-12-17)13-9-7-5-3-4-6-8-10-16-19/h11-12,14-15,19H,2-10,13,16H2,1H3/q+1. The van der Waals surface area contributed by atoms with E-state index in [2.05, 4.69) is 36.0 Å². The molecule has 1 rings (SSSR count). The van der Waals surface area contributed by atoms with Crippen LogP contribution in [0, 0.1) is 0 Å². The first kappa shape index (κ1) is 16.2. The molecular formula is C17H30NO+. The molecular weight excluding hydrogens is 234 g/mol. The second-order valence-corrected chi connectivity index (χ2v) is 5.35. The van der Waals surface area contributed by atoms with Gasteiger partial charge in [-0.2, -0.15) is 0 Å². The van der Waals surface area contributed by atoms with Gasteiger partial charge in [-0.1, -0.05) is 39.0 Å². The second-order valence-electron chi connectivity index (χ2n) is 5.35. The van der Waals surface area contributed by atoms with E-state index in [-0.39, 0.29) is 0 Å². The Morgan fingerprint density at radius 2 is 1.37 bits per heavy atom. The monoisotopic (exact) mass is 264 g/mol. The Labute approximate surface area is 118 Å². The van der Waals surface area contributed by atoms with E-state index in [0.717, 1.165) is 19.4 Å². The summed E-state index contributed by atoms with van der Waals surface area (Å²) < 4.78 is 2.29. The molecule has 0 fully saturated rings. The molecule has 1 N–H and O–H groups in total. The Hall–Kier alpha value is -0.890. The van der Waals surface area contributed by atoms with Crippen LogP contribution in [0.1, 0.15) is 63.9 Å². The second kappa shape index (κ2) is 11.0. The van der Waals surface area contributed by atoms with Gasteiger partial charge in [0.2, 0.25) is 0 Å². The van der Waals surface area contributed by atoms with E-state index in [1.807, 2.05) is 0 Å². The first-order chi connectivity index (χ1) is 9.36. The highest BCUT2D eigenvalue weighted by molar-refractivity contribution is 5.06. The molecule has 2 nitrogen and oxygen atoms in total. The number of nitrogens with zero attached hydrogens (tertiary/aromatic N) is 1. The van der Waals surface area contributed by atoms with Gasteiger partial charge in [-0.3, -0.25) is 0 Å². The summed E-state index contributed by atoms with van der Waals surface area (Å²) in [5.74, 6) is 0. The Bertz CT molecular complexity index is 308. The van der Waals surface area contributed by atoms with Crippen molar-refractivity contribution in [3.05, 3.63) is 30.1 Å². The van der Waals surface area contributed by atoms with Crippen molar-refractivity contribution in [2.75, 3.05) is 6.61 Å². The fourth-order valence-corrected chi connectivity index (χ4v) is 2.34. The maximum absolute atomic E-state index is 8.68. The maximum Gasteiger partial charge on any atom is 0.169 e. The predicted molar refractivity (Wildman–Crippen MR) is 80.0 cm³/mol. The number of aromatic nitrogens is 1. The van der Waals surface area contributed by atoms with Crippen molar-refractivity contribution in [2.24, 2.45) is 0 Å². The van der Waals surface area contributed by atoms with Crippen LogP contribution in [0.4, 0.5) is 0 Å². The number of pyridine rings is 1. The highest BCUT2D eigenvalue weighted by atomic mass is 16.2. The summed E-state index contributed by atoms with van der Waals surface area (Å²) >= 11 is 0. The lowest BCUT2D eigenvalue weighted by atomic mass is 10.1. The molecule has 1 aromatic heterocycles. The quantitative estimate of drug-likeness (QED) is 0.479. The summed E-state index contributed by atoms with van der Waals surface area (Å²) in [6, 6.07) is 4.45. The van der Waals surface area contributed by atoms with E-state index in [1.54, 1.807) is 0 Å². The number of aliphatic hydroxyl groups is 1. The number of hydrogen-bond donors (Lipinski definition) is 1. The van der Waals surface area contributed by atoms with Crippen LogP contribution >= 0.6 is 0 Å². The highest BCUT2D eigenvalue weighted by Gasteiger charge is 2.00. The van der Waals surface area contributed by atoms with Crippen LogP contribution in [0.2, 0.25) is 0 Å². The Morgan fingerprint density at radius 3 is 1.89 bits per heavy atom. The topological polar surface area (TPSA) is 24.1 Å². The number of unbranched alkanes of at least 4 members (excludes halogenated alkanes) is 7. The molecule has 1 aromatic rings. The fraction of sp³-hybridized carbons (Fsp3) is 0.706. The normalized spacial score (nSPS) is 10.8. The molecule has 0 radical (unpaired) electrons. The Balaban J connectivity index is 1.95. The summed E-state index contributed by atoms with van der Waals surface area (Å²) in [7, 11) is 0. The van der Waals surface area contributed by atoms with Crippen molar-refractivity contribution < 1.29 is 9.67 Å². The third kappa shape index (κ3) is 7.99. The van der Waals surface area contributed by atoms with E-state index in [1.165, 1.54) is 50.5 Å². The van der Waals surface area contributed by atoms with E-state index in [4.69, 9.17) is 5.11 Å². The zero-order valence-corrected chi connectivity index (χ0v) is 12.5. The van der Waals surface area contributed by atoms with E-state index in [9.17, 15) is 0 Å². The number of aliphatic hydroxyl groups excluding tert-OH is 1. The van der Waals surface area contributed by atoms with Crippen molar-refractivity contribution in [2.45, 2.75) is 71.3 Å². The van der Waals surface area contributed by atoms with Crippen LogP contribution in [0.15, 0.2) is 24.5 Å². The van der Waals surface area contributed by atoms with Crippen LogP contribution in [-0.4, -0.2) is 11.7 Å². The van der Waals surface area contributed by atoms with Crippen LogP contribution in [-0.2, 0) is 13.0 Å². The van der Waals surface area contributed by atoms with Gasteiger partial charge in [0.1, 0.15) is 6.54 Å². The van der Waals surface area contributed by atoms with Crippen LogP contribution in [0.25, 0.3) is 0 Å². The van der Waals surface area contributed by atoms with Gasteiger partial charge < -0.3 is 5.11 Å². The average Bonchev–Trinajstić information content (AvgIpc) is 2.46. The van der Waals surface area contributed by atoms with Gasteiger partial charge in [0.05, 0.1) is 0 Å². The van der Waals surface area contributed by atoms with Gasteiger partial charge in [-0.25, -0.2) is 4.57 Å². The third-order valence-corrected chi connectivity index (χ3v) is 3.69. The molecule has 0 amide bonds. The van der Waals surface area contributed by atoms with Gasteiger partial charge in [0.15, 0.2) is 12.4 Å². The average molecular weight is 264 g/mol. The molecule has 0 saturated heterocycles. The van der Waals surface area contributed by atoms with Crippen molar-refractivity contribution in [3.8, 4) is 0 Å². The van der Waals surface area contributed by atoms with Gasteiger partial charge in [-0.15, -0.1) is 0 Å². The van der Waals surface area contributed by atoms with Crippen molar-refractivity contribution in [1.29, 1.82) is 0 Å². The first-order valence-electron chi connectivity index (χ1n) is 7.95. The largest absolute Gasteiger partial charge is 0.396 e. The minimum absolute atomic E-state index is 0.355. The molecule has 0 spiro atoms. The van der Waals surface area contributed by atoms with Crippen LogP contribution in [0.5, 0.6) is 0 Å². The third-order valence-electron chi connectivity index (χ3n) is 3.69. The summed E-state index contributed by atoms with van der Waals surface area (Å²) in [5.41, 5.74) is 1.42. The summed E-state index contributed by atoms with van der Waals surface area (Å²) in [6.45, 7) is 3.70. The van der Waals surface area contributed by atoms with E-state index < -0.39 is 0 Å². The first-order valence-corrected chi connectivity index (χ1v) is 7.95. The van der Waals surface area contributed by atoms with Gasteiger partial charge in [-0.05, 0) is 24.8 Å². The van der Waals surface area contributed by atoms with Crippen molar-refractivity contribution in [3.63, 3.8) is 0 Å². The predicted octanol–water partition coefficient (Wildman–Crippen LogP) is 3.65. The fourth-order valence-electron chi connectivity index (χ4n) is 2.34. The molecule has 2 heteroatoms. The minimum atomic E-state index is 0.355. The molecule has 0 bridgehead atoms. The summed E-state index contributed by atoms with van der Waals surface area (Å²) in [4.78, 5) is 0. The lowest BCUT2D eigenvalue weighted by Crippen LogP contribution is -2.32. The lowest BCUT2D eigenvalue weighted by Gasteiger charge is -2.01. The summed E-state index contributed by atoms with van der Waals surface area (Å²) in [6.07, 6.45) is 15.6. The molecule has 1 heterocycles. The maximum atomic E-state index is 8.68. The van der Waals surface area contributed by atoms with Crippen LogP contribution in [0.3, 0.4) is 0 Å². The highest BCUT2D eigenvalue weighted by Crippen LogP contribution is 2.08. The molecule has 0 atom stereocenters. The number of aryl methyl sites for hydroxylation is 2. The molecule has 19 heavy (non-hydrogen) atoms. The zero-order valence-electron chi connectivity index (χ0n) is 12.5. The molecule has 0 saturated carbocycles. The summed E-state index contributed by atoms with van der Waals surface area (Å²) in [5, 5.41) is 8.68. The van der Waals surface area contributed by atoms with Crippen molar-refractivity contribution >= 4 is 0 Å².